The second-order valence-electron chi connectivity index (χ2n) is 7.26. The van der Waals surface area contributed by atoms with Gasteiger partial charge in [0.15, 0.2) is 5.69 Å². The van der Waals surface area contributed by atoms with E-state index in [4.69, 9.17) is 5.73 Å². The third-order valence-corrected chi connectivity index (χ3v) is 4.34. The zero-order chi connectivity index (χ0) is 21.6. The average Bonchev–Trinajstić information content (AvgIpc) is 2.65. The first kappa shape index (κ1) is 22.2. The quantitative estimate of drug-likeness (QED) is 0.592. The van der Waals surface area contributed by atoms with E-state index in [1.165, 1.54) is 27.7 Å². The number of nitrogens with one attached hydrogen (secondary N) is 2. The molecular weight excluding hydrogens is 377 g/mol. The highest BCUT2D eigenvalue weighted by Crippen LogP contribution is 2.19. The minimum absolute atomic E-state index is 0.0373. The van der Waals surface area contributed by atoms with Crippen molar-refractivity contribution < 1.29 is 9.18 Å². The number of nitrogen functional groups attached to an aromatic ring is 1. The third kappa shape index (κ3) is 5.69. The zero-order valence-corrected chi connectivity index (χ0v) is 17.0. The smallest absolute Gasteiger partial charge is 0.330 e. The molecule has 0 saturated carbocycles. The molecule has 1 heterocycles. The van der Waals surface area contributed by atoms with Gasteiger partial charge in [-0.3, -0.25) is 19.1 Å². The van der Waals surface area contributed by atoms with Crippen molar-refractivity contribution in [3.8, 4) is 0 Å². The van der Waals surface area contributed by atoms with Crippen molar-refractivity contribution >= 4 is 23.1 Å². The van der Waals surface area contributed by atoms with Crippen molar-refractivity contribution in [2.45, 2.75) is 40.2 Å². The van der Waals surface area contributed by atoms with Crippen molar-refractivity contribution in [3.63, 3.8) is 0 Å². The maximum atomic E-state index is 13.3. The van der Waals surface area contributed by atoms with Gasteiger partial charge < -0.3 is 16.0 Å². The van der Waals surface area contributed by atoms with Crippen LogP contribution in [0.25, 0.3) is 0 Å². The molecule has 8 nitrogen and oxygen atoms in total. The topological polar surface area (TPSA) is 113 Å². The second-order valence-corrected chi connectivity index (χ2v) is 7.26. The van der Waals surface area contributed by atoms with Crippen LogP contribution in [0.3, 0.4) is 0 Å². The van der Waals surface area contributed by atoms with Gasteiger partial charge in [0.05, 0.1) is 6.54 Å². The van der Waals surface area contributed by atoms with Crippen molar-refractivity contribution in [2.24, 2.45) is 5.92 Å². The minimum Gasteiger partial charge on any atom is -0.383 e. The summed E-state index contributed by atoms with van der Waals surface area (Å²) in [5.74, 6) is -0.757. The first-order valence-corrected chi connectivity index (χ1v) is 9.67. The lowest BCUT2D eigenvalue weighted by atomic mass is 10.2. The van der Waals surface area contributed by atoms with Crippen LogP contribution in [0.15, 0.2) is 33.9 Å². The van der Waals surface area contributed by atoms with Crippen LogP contribution in [-0.4, -0.2) is 28.5 Å². The fourth-order valence-corrected chi connectivity index (χ4v) is 2.93. The summed E-state index contributed by atoms with van der Waals surface area (Å²) in [6.07, 6.45) is 1.44. The van der Waals surface area contributed by atoms with E-state index >= 15 is 0 Å². The molecule has 2 aromatic rings. The lowest BCUT2D eigenvalue weighted by Crippen LogP contribution is -2.43. The van der Waals surface area contributed by atoms with Crippen LogP contribution in [-0.2, 0) is 11.3 Å². The summed E-state index contributed by atoms with van der Waals surface area (Å²) in [6, 6.07) is 5.74. The van der Waals surface area contributed by atoms with Crippen molar-refractivity contribution in [3.05, 3.63) is 50.9 Å². The number of H-pyrrole nitrogens is 1. The van der Waals surface area contributed by atoms with Crippen molar-refractivity contribution in [2.75, 3.05) is 29.0 Å². The van der Waals surface area contributed by atoms with Gasteiger partial charge in [0.2, 0.25) is 5.91 Å². The Balaban J connectivity index is 2.37. The molecule has 29 heavy (non-hydrogen) atoms. The molecule has 0 aliphatic rings. The SMILES string of the molecule is CCCCN(C(=O)CNc1cccc(F)c1)c1c(N)n(CC(C)C)c(=O)[nH]c1=O. The van der Waals surface area contributed by atoms with Gasteiger partial charge in [-0.15, -0.1) is 0 Å². The molecular formula is C20H28FN5O3. The minimum atomic E-state index is -0.706. The summed E-state index contributed by atoms with van der Waals surface area (Å²) in [5.41, 5.74) is 5.25. The Morgan fingerprint density at radius 2 is 2.07 bits per heavy atom. The molecule has 0 fully saturated rings. The number of anilines is 3. The predicted octanol–water partition coefficient (Wildman–Crippen LogP) is 2.16. The third-order valence-electron chi connectivity index (χ3n) is 4.34. The number of rotatable bonds is 9. The number of halogens is 1. The van der Waals surface area contributed by atoms with Gasteiger partial charge in [0.25, 0.3) is 5.56 Å². The summed E-state index contributed by atoms with van der Waals surface area (Å²) in [4.78, 5) is 41.1. The number of unbranched alkanes of at least 4 members (excludes halogenated alkanes) is 1. The standard InChI is InChI=1S/C20H28FN5O3/c1-4-5-9-25(16(27)11-23-15-8-6-7-14(21)10-15)17-18(22)26(12-13(2)3)20(29)24-19(17)28/h6-8,10,13,23H,4-5,9,11-12,22H2,1-3H3,(H,24,28,29). The number of hydrogen-bond donors (Lipinski definition) is 3. The average molecular weight is 405 g/mol. The molecule has 9 heteroatoms. The maximum absolute atomic E-state index is 13.3. The van der Waals surface area contributed by atoms with E-state index in [-0.39, 0.29) is 30.5 Å². The number of amides is 1. The molecule has 0 saturated heterocycles. The van der Waals surface area contributed by atoms with Gasteiger partial charge >= 0.3 is 5.69 Å². The van der Waals surface area contributed by atoms with Gasteiger partial charge in [0.1, 0.15) is 11.6 Å². The fourth-order valence-electron chi connectivity index (χ4n) is 2.93. The Morgan fingerprint density at radius 3 is 2.69 bits per heavy atom. The van der Waals surface area contributed by atoms with Gasteiger partial charge in [-0.25, -0.2) is 9.18 Å². The first-order valence-electron chi connectivity index (χ1n) is 9.67. The van der Waals surface area contributed by atoms with Crippen molar-refractivity contribution in [1.82, 2.24) is 9.55 Å². The second kappa shape index (κ2) is 9.90. The Kier molecular flexibility index (Phi) is 7.58. The van der Waals surface area contributed by atoms with Crippen molar-refractivity contribution in [1.29, 1.82) is 0 Å². The number of benzene rings is 1. The Bertz CT molecular complexity index is 967. The Morgan fingerprint density at radius 1 is 1.34 bits per heavy atom. The van der Waals surface area contributed by atoms with E-state index in [1.54, 1.807) is 6.07 Å². The molecule has 0 bridgehead atoms. The number of nitrogens with two attached hydrogens (primary N) is 1. The molecule has 0 atom stereocenters. The normalized spacial score (nSPS) is 10.9. The van der Waals surface area contributed by atoms with E-state index in [2.05, 4.69) is 10.3 Å². The summed E-state index contributed by atoms with van der Waals surface area (Å²) in [7, 11) is 0. The number of aromatic amines is 1. The summed E-state index contributed by atoms with van der Waals surface area (Å²) < 4.78 is 14.6. The molecule has 0 unspecified atom stereocenters. The molecule has 0 aliphatic carbocycles. The molecule has 0 spiro atoms. The van der Waals surface area contributed by atoms with E-state index in [1.807, 2.05) is 20.8 Å². The molecule has 1 aromatic carbocycles. The fraction of sp³-hybridized carbons (Fsp3) is 0.450. The zero-order valence-electron chi connectivity index (χ0n) is 17.0. The van der Waals surface area contributed by atoms with Crippen LogP contribution in [0.2, 0.25) is 0 Å². The highest BCUT2D eigenvalue weighted by Gasteiger charge is 2.24. The lowest BCUT2D eigenvalue weighted by Gasteiger charge is -2.25. The van der Waals surface area contributed by atoms with Gasteiger partial charge in [-0.1, -0.05) is 33.3 Å². The lowest BCUT2D eigenvalue weighted by molar-refractivity contribution is -0.117. The van der Waals surface area contributed by atoms with E-state index in [9.17, 15) is 18.8 Å². The molecule has 4 N–H and O–H groups in total. The van der Waals surface area contributed by atoms with E-state index in [0.717, 1.165) is 6.42 Å². The number of carbonyl (C=O) groups excluding carboxylic acids is 1. The van der Waals surface area contributed by atoms with E-state index < -0.39 is 23.0 Å². The van der Waals surface area contributed by atoms with Crippen LogP contribution in [0, 0.1) is 11.7 Å². The van der Waals surface area contributed by atoms with Crippen LogP contribution in [0.5, 0.6) is 0 Å². The van der Waals surface area contributed by atoms with Gasteiger partial charge in [-0.05, 0) is 30.5 Å². The highest BCUT2D eigenvalue weighted by molar-refractivity contribution is 5.98. The maximum Gasteiger partial charge on any atom is 0.330 e. The summed E-state index contributed by atoms with van der Waals surface area (Å²) in [5, 5.41) is 2.86. The molecule has 1 amide bonds. The number of aromatic nitrogens is 2. The largest absolute Gasteiger partial charge is 0.383 e. The van der Waals surface area contributed by atoms with Crippen LogP contribution >= 0.6 is 0 Å². The molecule has 0 radical (unpaired) electrons. The molecule has 0 aliphatic heterocycles. The summed E-state index contributed by atoms with van der Waals surface area (Å²) >= 11 is 0. The number of nitrogens with zero attached hydrogens (tertiary/aromatic N) is 2. The van der Waals surface area contributed by atoms with Crippen LogP contribution in [0.1, 0.15) is 33.6 Å². The number of hydrogen-bond acceptors (Lipinski definition) is 5. The Labute approximate surface area is 168 Å². The monoisotopic (exact) mass is 405 g/mol. The summed E-state index contributed by atoms with van der Waals surface area (Å²) in [6.45, 7) is 6.22. The van der Waals surface area contributed by atoms with Gasteiger partial charge in [0, 0.05) is 18.8 Å². The molecule has 1 aromatic heterocycles. The highest BCUT2D eigenvalue weighted by atomic mass is 19.1. The molecule has 2 rings (SSSR count). The van der Waals surface area contributed by atoms with E-state index in [0.29, 0.717) is 18.7 Å². The first-order chi connectivity index (χ1) is 13.7. The Hall–Kier alpha value is -3.10. The van der Waals surface area contributed by atoms with Gasteiger partial charge in [-0.2, -0.15) is 0 Å². The van der Waals surface area contributed by atoms with Crippen LogP contribution < -0.4 is 27.2 Å². The molecule has 158 valence electrons. The number of carbonyl (C=O) groups is 1. The predicted molar refractivity (Wildman–Crippen MR) is 113 cm³/mol. The van der Waals surface area contributed by atoms with Crippen LogP contribution in [0.4, 0.5) is 21.6 Å².